The summed E-state index contributed by atoms with van der Waals surface area (Å²) in [6, 6.07) is 12.1. The van der Waals surface area contributed by atoms with Gasteiger partial charge in [0.05, 0.1) is 0 Å². The molecule has 6 nitrogen and oxygen atoms in total. The molecule has 0 atom stereocenters. The number of pyridine rings is 1. The van der Waals surface area contributed by atoms with Crippen molar-refractivity contribution in [3.63, 3.8) is 0 Å². The molecule has 0 radical (unpaired) electrons. The molecule has 0 fully saturated rings. The molecule has 0 aliphatic carbocycles. The van der Waals surface area contributed by atoms with E-state index in [9.17, 15) is 4.79 Å². The van der Waals surface area contributed by atoms with Gasteiger partial charge < -0.3 is 5.32 Å². The molecule has 1 amide bonds. The fourth-order valence-electron chi connectivity index (χ4n) is 3.27. The molecule has 0 unspecified atom stereocenters. The Bertz CT molecular complexity index is 891. The first-order valence-electron chi connectivity index (χ1n) is 8.81. The van der Waals surface area contributed by atoms with Crippen LogP contribution in [0.15, 0.2) is 61.3 Å². The molecule has 3 heterocycles. The fourth-order valence-corrected chi connectivity index (χ4v) is 3.27. The molecule has 3 aromatic rings. The van der Waals surface area contributed by atoms with Gasteiger partial charge >= 0.3 is 0 Å². The average Bonchev–Trinajstić information content (AvgIpc) is 3.23. The van der Waals surface area contributed by atoms with E-state index in [1.807, 2.05) is 0 Å². The quantitative estimate of drug-likeness (QED) is 0.767. The van der Waals surface area contributed by atoms with E-state index in [1.165, 1.54) is 11.1 Å². The highest BCUT2D eigenvalue weighted by atomic mass is 16.1. The Morgan fingerprint density at radius 1 is 1.15 bits per heavy atom. The first-order valence-corrected chi connectivity index (χ1v) is 8.81. The van der Waals surface area contributed by atoms with Crippen molar-refractivity contribution >= 4 is 5.91 Å². The fraction of sp³-hybridized carbons (Fsp3) is 0.250. The number of amides is 1. The lowest BCUT2D eigenvalue weighted by Gasteiger charge is -2.28. The number of carbonyl (C=O) groups excluding carboxylic acids is 1. The second-order valence-electron chi connectivity index (χ2n) is 6.42. The van der Waals surface area contributed by atoms with Crippen molar-refractivity contribution in [3.8, 4) is 5.82 Å². The summed E-state index contributed by atoms with van der Waals surface area (Å²) in [4.78, 5) is 23.1. The second-order valence-corrected chi connectivity index (χ2v) is 6.42. The molecular formula is C20H21N5O. The summed E-state index contributed by atoms with van der Waals surface area (Å²) in [6.45, 7) is 3.46. The summed E-state index contributed by atoms with van der Waals surface area (Å²) in [7, 11) is 0. The van der Waals surface area contributed by atoms with E-state index >= 15 is 0 Å². The summed E-state index contributed by atoms with van der Waals surface area (Å²) in [5.41, 5.74) is 3.44. The SMILES string of the molecule is O=C(NCCN1CCc2ccccc2C1)c1ccnc(-n2ccnc2)c1. The highest BCUT2D eigenvalue weighted by Gasteiger charge is 2.15. The van der Waals surface area contributed by atoms with Gasteiger partial charge in [-0.2, -0.15) is 0 Å². The standard InChI is InChI=1S/C20H21N5O/c26-20(17-5-7-22-19(13-17)25-12-8-21-15-25)23-9-11-24-10-6-16-3-1-2-4-18(16)14-24/h1-5,7-8,12-13,15H,6,9-11,14H2,(H,23,26). The number of nitrogens with zero attached hydrogens (tertiary/aromatic N) is 4. The third-order valence-corrected chi connectivity index (χ3v) is 4.70. The van der Waals surface area contributed by atoms with Crippen molar-refractivity contribution in [2.45, 2.75) is 13.0 Å². The van der Waals surface area contributed by atoms with E-state index in [2.05, 4.69) is 44.5 Å². The molecule has 0 saturated heterocycles. The Labute approximate surface area is 152 Å². The maximum absolute atomic E-state index is 12.4. The molecule has 132 valence electrons. The third-order valence-electron chi connectivity index (χ3n) is 4.70. The molecule has 0 bridgehead atoms. The first kappa shape index (κ1) is 16.5. The van der Waals surface area contributed by atoms with Crippen LogP contribution in [-0.4, -0.2) is 45.0 Å². The van der Waals surface area contributed by atoms with Crippen molar-refractivity contribution in [3.05, 3.63) is 78.0 Å². The molecule has 0 spiro atoms. The number of aromatic nitrogens is 3. The van der Waals surface area contributed by atoms with Crippen molar-refractivity contribution in [1.82, 2.24) is 24.8 Å². The van der Waals surface area contributed by atoms with E-state index in [-0.39, 0.29) is 5.91 Å². The highest BCUT2D eigenvalue weighted by Crippen LogP contribution is 2.17. The van der Waals surface area contributed by atoms with Crippen LogP contribution < -0.4 is 5.32 Å². The molecule has 26 heavy (non-hydrogen) atoms. The van der Waals surface area contributed by atoms with Crippen LogP contribution in [0.5, 0.6) is 0 Å². The number of fused-ring (bicyclic) bond motifs is 1. The predicted octanol–water partition coefficient (Wildman–Crippen LogP) is 2.06. The molecule has 1 N–H and O–H groups in total. The number of nitrogens with one attached hydrogen (secondary N) is 1. The summed E-state index contributed by atoms with van der Waals surface area (Å²) >= 11 is 0. The molecular weight excluding hydrogens is 326 g/mol. The smallest absolute Gasteiger partial charge is 0.251 e. The topological polar surface area (TPSA) is 63.1 Å². The minimum atomic E-state index is -0.0776. The van der Waals surface area contributed by atoms with Gasteiger partial charge in [-0.1, -0.05) is 24.3 Å². The second kappa shape index (κ2) is 7.49. The Morgan fingerprint density at radius 3 is 2.88 bits per heavy atom. The Balaban J connectivity index is 1.32. The van der Waals surface area contributed by atoms with E-state index in [0.29, 0.717) is 17.9 Å². The normalized spacial score (nSPS) is 14.0. The molecule has 1 aromatic carbocycles. The molecule has 4 rings (SSSR count). The van der Waals surface area contributed by atoms with Crippen LogP contribution in [0.4, 0.5) is 0 Å². The van der Waals surface area contributed by atoms with Crippen LogP contribution in [0.2, 0.25) is 0 Å². The molecule has 1 aliphatic rings. The third kappa shape index (κ3) is 3.65. The van der Waals surface area contributed by atoms with E-state index < -0.39 is 0 Å². The average molecular weight is 347 g/mol. The van der Waals surface area contributed by atoms with Gasteiger partial charge in [0, 0.05) is 50.3 Å². The number of benzene rings is 1. The highest BCUT2D eigenvalue weighted by molar-refractivity contribution is 5.94. The number of rotatable bonds is 5. The number of imidazole rings is 1. The van der Waals surface area contributed by atoms with Crippen LogP contribution >= 0.6 is 0 Å². The van der Waals surface area contributed by atoms with Gasteiger partial charge in [0.15, 0.2) is 0 Å². The van der Waals surface area contributed by atoms with Crippen LogP contribution in [0.1, 0.15) is 21.5 Å². The lowest BCUT2D eigenvalue weighted by Crippen LogP contribution is -2.37. The maximum atomic E-state index is 12.4. The Hall–Kier alpha value is -2.99. The molecule has 6 heteroatoms. The lowest BCUT2D eigenvalue weighted by molar-refractivity contribution is 0.0947. The maximum Gasteiger partial charge on any atom is 0.251 e. The number of carbonyl (C=O) groups is 1. The summed E-state index contributed by atoms with van der Waals surface area (Å²) in [6.07, 6.45) is 7.87. The number of hydrogen-bond donors (Lipinski definition) is 1. The summed E-state index contributed by atoms with van der Waals surface area (Å²) < 4.78 is 1.78. The van der Waals surface area contributed by atoms with Gasteiger partial charge in [-0.25, -0.2) is 9.97 Å². The van der Waals surface area contributed by atoms with Gasteiger partial charge in [-0.3, -0.25) is 14.3 Å². The molecule has 0 saturated carbocycles. The van der Waals surface area contributed by atoms with Gasteiger partial charge in [0.25, 0.3) is 5.91 Å². The largest absolute Gasteiger partial charge is 0.351 e. The zero-order valence-corrected chi connectivity index (χ0v) is 14.5. The van der Waals surface area contributed by atoms with Crippen LogP contribution in [0, 0.1) is 0 Å². The van der Waals surface area contributed by atoms with E-state index in [0.717, 1.165) is 26.1 Å². The van der Waals surface area contributed by atoms with Crippen molar-refractivity contribution in [2.24, 2.45) is 0 Å². The zero-order valence-electron chi connectivity index (χ0n) is 14.5. The van der Waals surface area contributed by atoms with E-state index in [1.54, 1.807) is 41.6 Å². The van der Waals surface area contributed by atoms with Gasteiger partial charge in [0.1, 0.15) is 12.1 Å². The van der Waals surface area contributed by atoms with Gasteiger partial charge in [0.2, 0.25) is 0 Å². The van der Waals surface area contributed by atoms with Crippen molar-refractivity contribution in [2.75, 3.05) is 19.6 Å². The van der Waals surface area contributed by atoms with Gasteiger partial charge in [-0.05, 0) is 29.7 Å². The lowest BCUT2D eigenvalue weighted by atomic mass is 10.00. The molecule has 2 aromatic heterocycles. The van der Waals surface area contributed by atoms with Crippen molar-refractivity contribution < 1.29 is 4.79 Å². The monoisotopic (exact) mass is 347 g/mol. The van der Waals surface area contributed by atoms with Crippen LogP contribution in [-0.2, 0) is 13.0 Å². The zero-order chi connectivity index (χ0) is 17.8. The minimum absolute atomic E-state index is 0.0776. The van der Waals surface area contributed by atoms with Crippen molar-refractivity contribution in [1.29, 1.82) is 0 Å². The minimum Gasteiger partial charge on any atom is -0.351 e. The van der Waals surface area contributed by atoms with Crippen LogP contribution in [0.25, 0.3) is 5.82 Å². The van der Waals surface area contributed by atoms with Gasteiger partial charge in [-0.15, -0.1) is 0 Å². The summed E-state index contributed by atoms with van der Waals surface area (Å²) in [5, 5.41) is 3.01. The molecule has 1 aliphatic heterocycles. The van der Waals surface area contributed by atoms with E-state index in [4.69, 9.17) is 0 Å². The Morgan fingerprint density at radius 2 is 2.04 bits per heavy atom. The predicted molar refractivity (Wildman–Crippen MR) is 99.1 cm³/mol. The van der Waals surface area contributed by atoms with Crippen LogP contribution in [0.3, 0.4) is 0 Å². The first-order chi connectivity index (χ1) is 12.8. The number of hydrogen-bond acceptors (Lipinski definition) is 4. The Kier molecular flexibility index (Phi) is 4.75. The summed E-state index contributed by atoms with van der Waals surface area (Å²) in [5.74, 6) is 0.606.